The molecule has 11 heteroatoms. The molecule has 4 aromatic rings. The number of thioether (sulfide) groups is 1. The monoisotopic (exact) mass is 596 g/mol. The Hall–Kier alpha value is -2.96. The van der Waals surface area contributed by atoms with Gasteiger partial charge in [-0.2, -0.15) is 0 Å². The van der Waals surface area contributed by atoms with Crippen LogP contribution in [0.1, 0.15) is 17.3 Å². The molecule has 1 fully saturated rings. The second-order valence-corrected chi connectivity index (χ2v) is 13.0. The van der Waals surface area contributed by atoms with E-state index in [1.165, 1.54) is 27.8 Å². The molecule has 1 saturated heterocycles. The van der Waals surface area contributed by atoms with Crippen LogP contribution in [-0.2, 0) is 14.8 Å². The molecule has 0 saturated carbocycles. The quantitative estimate of drug-likeness (QED) is 0.232. The zero-order valence-electron chi connectivity index (χ0n) is 22.5. The van der Waals surface area contributed by atoms with Crippen molar-refractivity contribution in [2.45, 2.75) is 16.7 Å². The van der Waals surface area contributed by atoms with Crippen LogP contribution in [0.5, 0.6) is 0 Å². The zero-order valence-corrected chi connectivity index (χ0v) is 25.0. The Kier molecular flexibility index (Phi) is 9.07. The van der Waals surface area contributed by atoms with Gasteiger partial charge in [0.25, 0.3) is 15.9 Å². The number of benzene rings is 3. The van der Waals surface area contributed by atoms with Crippen LogP contribution in [-0.4, -0.2) is 76.4 Å². The summed E-state index contributed by atoms with van der Waals surface area (Å²) >= 11 is 3.12. The van der Waals surface area contributed by atoms with Gasteiger partial charge in [-0.05, 0) is 61.7 Å². The van der Waals surface area contributed by atoms with E-state index < -0.39 is 10.0 Å². The number of rotatable bonds is 10. The van der Waals surface area contributed by atoms with Gasteiger partial charge >= 0.3 is 0 Å². The molecule has 1 aliphatic rings. The molecule has 5 rings (SSSR count). The van der Waals surface area contributed by atoms with E-state index in [1.54, 1.807) is 47.9 Å². The van der Waals surface area contributed by atoms with Crippen molar-refractivity contribution < 1.29 is 17.9 Å². The van der Waals surface area contributed by atoms with Gasteiger partial charge in [0.2, 0.25) is 0 Å². The Morgan fingerprint density at radius 1 is 1.02 bits per heavy atom. The molecular formula is C29H32N4O4S3. The number of anilines is 2. The molecule has 3 aromatic carbocycles. The molecule has 0 N–H and O–H groups in total. The molecule has 40 heavy (non-hydrogen) atoms. The second-order valence-electron chi connectivity index (χ2n) is 9.24. The Balaban J connectivity index is 1.44. The summed E-state index contributed by atoms with van der Waals surface area (Å²) in [6.07, 6.45) is 2.02. The zero-order chi connectivity index (χ0) is 28.1. The fourth-order valence-corrected chi connectivity index (χ4v) is 7.80. The van der Waals surface area contributed by atoms with E-state index in [-0.39, 0.29) is 17.3 Å². The Morgan fingerprint density at radius 2 is 1.75 bits per heavy atom. The number of para-hydroxylation sites is 2. The average Bonchev–Trinajstić information content (AvgIpc) is 3.43. The van der Waals surface area contributed by atoms with E-state index in [4.69, 9.17) is 9.72 Å². The van der Waals surface area contributed by atoms with Crippen molar-refractivity contribution in [3.05, 3.63) is 78.4 Å². The fourth-order valence-electron chi connectivity index (χ4n) is 4.68. The third kappa shape index (κ3) is 6.03. The largest absolute Gasteiger partial charge is 0.379 e. The van der Waals surface area contributed by atoms with Crippen molar-refractivity contribution in [3.8, 4) is 0 Å². The van der Waals surface area contributed by atoms with Gasteiger partial charge in [-0.25, -0.2) is 13.4 Å². The maximum atomic E-state index is 13.9. The second kappa shape index (κ2) is 12.7. The third-order valence-corrected chi connectivity index (χ3v) is 10.6. The Morgan fingerprint density at radius 3 is 2.42 bits per heavy atom. The van der Waals surface area contributed by atoms with Crippen molar-refractivity contribution in [2.75, 3.05) is 61.4 Å². The molecule has 2 heterocycles. The smallest absolute Gasteiger partial charge is 0.264 e. The number of fused-ring (bicyclic) bond motifs is 1. The predicted molar refractivity (Wildman–Crippen MR) is 163 cm³/mol. The van der Waals surface area contributed by atoms with Gasteiger partial charge in [0.05, 0.1) is 34.0 Å². The highest BCUT2D eigenvalue weighted by atomic mass is 32.2. The number of sulfonamides is 1. The van der Waals surface area contributed by atoms with Gasteiger partial charge < -0.3 is 4.74 Å². The van der Waals surface area contributed by atoms with Gasteiger partial charge in [-0.1, -0.05) is 35.6 Å². The molecule has 0 atom stereocenters. The maximum absolute atomic E-state index is 13.9. The number of carbonyl (C=O) groups is 1. The summed E-state index contributed by atoms with van der Waals surface area (Å²) in [5, 5.41) is 0.632. The highest BCUT2D eigenvalue weighted by Crippen LogP contribution is 2.35. The number of amides is 1. The summed E-state index contributed by atoms with van der Waals surface area (Å²) in [6.45, 7) is 6.24. The van der Waals surface area contributed by atoms with Crippen LogP contribution >= 0.6 is 23.1 Å². The van der Waals surface area contributed by atoms with Crippen LogP contribution in [0, 0.1) is 0 Å². The highest BCUT2D eigenvalue weighted by Gasteiger charge is 2.26. The first-order chi connectivity index (χ1) is 19.4. The van der Waals surface area contributed by atoms with Crippen LogP contribution in [0.3, 0.4) is 0 Å². The lowest BCUT2D eigenvalue weighted by atomic mass is 10.2. The Labute approximate surface area is 243 Å². The normalized spacial score (nSPS) is 14.3. The average molecular weight is 597 g/mol. The van der Waals surface area contributed by atoms with Crippen LogP contribution in [0.15, 0.2) is 82.6 Å². The first-order valence-corrected chi connectivity index (χ1v) is 16.6. The van der Waals surface area contributed by atoms with E-state index in [1.807, 2.05) is 42.7 Å². The van der Waals surface area contributed by atoms with Gasteiger partial charge in [0.15, 0.2) is 5.13 Å². The molecule has 1 amide bonds. The minimum atomic E-state index is -3.79. The topological polar surface area (TPSA) is 83.1 Å². The highest BCUT2D eigenvalue weighted by molar-refractivity contribution is 7.98. The first-order valence-electron chi connectivity index (χ1n) is 13.2. The molecule has 0 radical (unpaired) electrons. The number of morpholine rings is 1. The summed E-state index contributed by atoms with van der Waals surface area (Å²) in [6, 6.07) is 21.3. The minimum absolute atomic E-state index is 0.138. The molecule has 0 spiro atoms. The van der Waals surface area contributed by atoms with E-state index in [9.17, 15) is 13.2 Å². The standard InChI is InChI=1S/C29H32N4O4S3/c1-3-33(23-8-5-4-6-9-23)40(35,36)24-14-12-22(13-15-24)28(34)32(17-16-31-18-20-37-21-19-31)29-30-27-25(38-2)10-7-11-26(27)39-29/h4-15H,3,16-21H2,1-2H3. The summed E-state index contributed by atoms with van der Waals surface area (Å²) in [5.74, 6) is -0.211. The van der Waals surface area contributed by atoms with Crippen molar-refractivity contribution in [2.24, 2.45) is 0 Å². The molecule has 8 nitrogen and oxygen atoms in total. The van der Waals surface area contributed by atoms with Crippen molar-refractivity contribution >= 4 is 60.1 Å². The molecule has 210 valence electrons. The van der Waals surface area contributed by atoms with Crippen LogP contribution in [0.4, 0.5) is 10.8 Å². The summed E-state index contributed by atoms with van der Waals surface area (Å²) in [7, 11) is -3.79. The minimum Gasteiger partial charge on any atom is -0.379 e. The molecule has 1 aliphatic heterocycles. The van der Waals surface area contributed by atoms with Gasteiger partial charge in [-0.3, -0.25) is 18.9 Å². The number of hydrogen-bond acceptors (Lipinski definition) is 8. The number of thiazole rings is 1. The third-order valence-electron chi connectivity index (χ3n) is 6.83. The predicted octanol–water partition coefficient (Wildman–Crippen LogP) is 5.21. The van der Waals surface area contributed by atoms with Crippen LogP contribution in [0.25, 0.3) is 10.2 Å². The lowest BCUT2D eigenvalue weighted by Crippen LogP contribution is -2.43. The summed E-state index contributed by atoms with van der Waals surface area (Å²) < 4.78 is 34.7. The van der Waals surface area contributed by atoms with E-state index >= 15 is 0 Å². The molecule has 0 unspecified atom stereocenters. The molecule has 1 aromatic heterocycles. The fraction of sp³-hybridized carbons (Fsp3) is 0.310. The van der Waals surface area contributed by atoms with Crippen molar-refractivity contribution in [1.29, 1.82) is 0 Å². The van der Waals surface area contributed by atoms with Crippen LogP contribution in [0.2, 0.25) is 0 Å². The number of hydrogen-bond donors (Lipinski definition) is 0. The summed E-state index contributed by atoms with van der Waals surface area (Å²) in [4.78, 5) is 24.0. The maximum Gasteiger partial charge on any atom is 0.264 e. The van der Waals surface area contributed by atoms with Crippen molar-refractivity contribution in [1.82, 2.24) is 9.88 Å². The van der Waals surface area contributed by atoms with Crippen LogP contribution < -0.4 is 9.21 Å². The van der Waals surface area contributed by atoms with Crippen molar-refractivity contribution in [3.63, 3.8) is 0 Å². The van der Waals surface area contributed by atoms with E-state index in [2.05, 4.69) is 4.90 Å². The van der Waals surface area contributed by atoms with Gasteiger partial charge in [-0.15, -0.1) is 11.8 Å². The SMILES string of the molecule is CCN(c1ccccc1)S(=O)(=O)c1ccc(C(=O)N(CCN2CCOCC2)c2nc3c(SC)cccc3s2)cc1. The number of ether oxygens (including phenoxy) is 1. The number of carbonyl (C=O) groups excluding carboxylic acids is 1. The number of nitrogens with zero attached hydrogens (tertiary/aromatic N) is 4. The Bertz CT molecular complexity index is 1550. The molecule has 0 bridgehead atoms. The summed E-state index contributed by atoms with van der Waals surface area (Å²) in [5.41, 5.74) is 1.90. The van der Waals surface area contributed by atoms with E-state index in [0.717, 1.165) is 28.2 Å². The lowest BCUT2D eigenvalue weighted by Gasteiger charge is -2.29. The molecular weight excluding hydrogens is 565 g/mol. The lowest BCUT2D eigenvalue weighted by molar-refractivity contribution is 0.0391. The van der Waals surface area contributed by atoms with Gasteiger partial charge in [0, 0.05) is 43.2 Å². The number of aromatic nitrogens is 1. The first kappa shape index (κ1) is 28.6. The molecule has 0 aliphatic carbocycles. The van der Waals surface area contributed by atoms with Gasteiger partial charge in [0.1, 0.15) is 0 Å². The van der Waals surface area contributed by atoms with E-state index in [0.29, 0.717) is 42.7 Å².